The number of methoxy groups -OCH3 is 1. The van der Waals surface area contributed by atoms with E-state index in [2.05, 4.69) is 0 Å². The standard InChI is InChI=1S/C29H31F3N2O3/c1-18(33(2)3)26(20-9-6-5-7-10-20)34-25-12-8-11-24(29(30,31)32)23(25)17-22(27(35)28(34)36)19-13-15-21(37-4)16-14-19/h5-16,18,22,26-27,35H,17H2,1-4H3. The van der Waals surface area contributed by atoms with Crippen molar-refractivity contribution in [3.8, 4) is 5.75 Å². The molecule has 37 heavy (non-hydrogen) atoms. The highest BCUT2D eigenvalue weighted by Gasteiger charge is 2.45. The number of anilines is 1. The van der Waals surface area contributed by atoms with Crippen LogP contribution in [0.3, 0.4) is 0 Å². The number of benzene rings is 3. The SMILES string of the molecule is COc1ccc(C2Cc3c(cccc3C(F)(F)F)N(C(c3ccccc3)C(C)N(C)C)C(=O)C2O)cc1. The lowest BCUT2D eigenvalue weighted by atomic mass is 9.86. The van der Waals surface area contributed by atoms with Crippen LogP contribution in [0.1, 0.15) is 41.1 Å². The van der Waals surface area contributed by atoms with Gasteiger partial charge in [0.15, 0.2) is 0 Å². The molecule has 0 radical (unpaired) electrons. The van der Waals surface area contributed by atoms with Gasteiger partial charge in [0.25, 0.3) is 5.91 Å². The number of fused-ring (bicyclic) bond motifs is 1. The fourth-order valence-electron chi connectivity index (χ4n) is 5.06. The van der Waals surface area contributed by atoms with Crippen molar-refractivity contribution < 1.29 is 27.8 Å². The zero-order chi connectivity index (χ0) is 26.9. The van der Waals surface area contributed by atoms with E-state index in [1.165, 1.54) is 18.1 Å². The molecule has 0 saturated carbocycles. The maximum absolute atomic E-state index is 14.3. The van der Waals surface area contributed by atoms with Crippen LogP contribution < -0.4 is 9.64 Å². The number of amides is 1. The highest BCUT2D eigenvalue weighted by atomic mass is 19.4. The van der Waals surface area contributed by atoms with E-state index in [0.717, 1.165) is 11.6 Å². The van der Waals surface area contributed by atoms with E-state index < -0.39 is 35.7 Å². The van der Waals surface area contributed by atoms with Crippen LogP contribution in [-0.4, -0.2) is 49.3 Å². The molecule has 0 spiro atoms. The second-order valence-corrected chi connectivity index (χ2v) is 9.60. The summed E-state index contributed by atoms with van der Waals surface area (Å²) >= 11 is 0. The van der Waals surface area contributed by atoms with E-state index in [-0.39, 0.29) is 23.7 Å². The first-order valence-corrected chi connectivity index (χ1v) is 12.1. The maximum Gasteiger partial charge on any atom is 0.416 e. The molecule has 3 aromatic carbocycles. The van der Waals surface area contributed by atoms with E-state index in [1.54, 1.807) is 30.3 Å². The minimum Gasteiger partial charge on any atom is -0.497 e. The normalized spacial score (nSPS) is 19.8. The lowest BCUT2D eigenvalue weighted by Gasteiger charge is -2.40. The highest BCUT2D eigenvalue weighted by Crippen LogP contribution is 2.45. The molecule has 1 aliphatic heterocycles. The van der Waals surface area contributed by atoms with Crippen LogP contribution in [0.25, 0.3) is 0 Å². The molecular formula is C29H31F3N2O3. The molecular weight excluding hydrogens is 481 g/mol. The topological polar surface area (TPSA) is 53.0 Å². The number of hydrogen-bond donors (Lipinski definition) is 1. The first kappa shape index (κ1) is 26.7. The molecule has 1 aliphatic rings. The van der Waals surface area contributed by atoms with Crippen LogP contribution in [0.5, 0.6) is 5.75 Å². The summed E-state index contributed by atoms with van der Waals surface area (Å²) in [5, 5.41) is 11.4. The van der Waals surface area contributed by atoms with Crippen molar-refractivity contribution in [1.82, 2.24) is 4.90 Å². The predicted octanol–water partition coefficient (Wildman–Crippen LogP) is 5.44. The van der Waals surface area contributed by atoms with E-state index >= 15 is 0 Å². The van der Waals surface area contributed by atoms with Gasteiger partial charge in [-0.25, -0.2) is 0 Å². The summed E-state index contributed by atoms with van der Waals surface area (Å²) in [6, 6.07) is 18.9. The second-order valence-electron chi connectivity index (χ2n) is 9.60. The molecule has 0 saturated heterocycles. The van der Waals surface area contributed by atoms with Gasteiger partial charge in [0, 0.05) is 17.6 Å². The number of carbonyl (C=O) groups excluding carboxylic acids is 1. The molecule has 3 aromatic rings. The number of likely N-dealkylation sites (N-methyl/N-ethyl adjacent to an activating group) is 1. The van der Waals surface area contributed by atoms with Gasteiger partial charge in [-0.2, -0.15) is 13.2 Å². The summed E-state index contributed by atoms with van der Waals surface area (Å²) in [5.41, 5.74) is 0.670. The molecule has 8 heteroatoms. The first-order chi connectivity index (χ1) is 17.5. The van der Waals surface area contributed by atoms with Crippen LogP contribution in [0.2, 0.25) is 0 Å². The van der Waals surface area contributed by atoms with Gasteiger partial charge in [-0.15, -0.1) is 0 Å². The van der Waals surface area contributed by atoms with Crippen molar-refractivity contribution in [3.63, 3.8) is 0 Å². The number of aliphatic hydroxyl groups excluding tert-OH is 1. The molecule has 1 amide bonds. The molecule has 4 unspecified atom stereocenters. The van der Waals surface area contributed by atoms with Gasteiger partial charge in [-0.05, 0) is 68.4 Å². The fourth-order valence-corrected chi connectivity index (χ4v) is 5.06. The summed E-state index contributed by atoms with van der Waals surface area (Å²) in [6.45, 7) is 1.91. The smallest absolute Gasteiger partial charge is 0.416 e. The van der Waals surface area contributed by atoms with Gasteiger partial charge >= 0.3 is 6.18 Å². The summed E-state index contributed by atoms with van der Waals surface area (Å²) in [4.78, 5) is 17.4. The number of alkyl halides is 3. The Bertz CT molecular complexity index is 1230. The Labute approximate surface area is 215 Å². The molecule has 0 aromatic heterocycles. The third-order valence-electron chi connectivity index (χ3n) is 7.25. The lowest BCUT2D eigenvalue weighted by Crippen LogP contribution is -2.49. The molecule has 1 heterocycles. The Hall–Kier alpha value is -3.36. The summed E-state index contributed by atoms with van der Waals surface area (Å²) < 4.78 is 48.0. The van der Waals surface area contributed by atoms with Gasteiger partial charge in [-0.1, -0.05) is 48.5 Å². The largest absolute Gasteiger partial charge is 0.497 e. The Kier molecular flexibility index (Phi) is 7.62. The molecule has 4 atom stereocenters. The molecule has 196 valence electrons. The van der Waals surface area contributed by atoms with Crippen LogP contribution >= 0.6 is 0 Å². The van der Waals surface area contributed by atoms with Crippen molar-refractivity contribution in [2.75, 3.05) is 26.1 Å². The molecule has 4 rings (SSSR count). The summed E-state index contributed by atoms with van der Waals surface area (Å²) in [6.07, 6.45) is -6.34. The summed E-state index contributed by atoms with van der Waals surface area (Å²) in [5.74, 6) is -0.946. The molecule has 1 N–H and O–H groups in total. The van der Waals surface area contributed by atoms with Crippen LogP contribution in [-0.2, 0) is 17.4 Å². The first-order valence-electron chi connectivity index (χ1n) is 12.1. The number of rotatable bonds is 6. The van der Waals surface area contributed by atoms with E-state index in [0.29, 0.717) is 11.3 Å². The quantitative estimate of drug-likeness (QED) is 0.478. The average molecular weight is 513 g/mol. The van der Waals surface area contributed by atoms with Crippen molar-refractivity contribution in [1.29, 1.82) is 0 Å². The predicted molar refractivity (Wildman–Crippen MR) is 137 cm³/mol. The Balaban J connectivity index is 1.96. The molecule has 0 bridgehead atoms. The van der Waals surface area contributed by atoms with Gasteiger partial charge < -0.3 is 19.6 Å². The van der Waals surface area contributed by atoms with Gasteiger partial charge in [0.1, 0.15) is 11.9 Å². The van der Waals surface area contributed by atoms with Crippen LogP contribution in [0.15, 0.2) is 72.8 Å². The lowest BCUT2D eigenvalue weighted by molar-refractivity contribution is -0.138. The van der Waals surface area contributed by atoms with E-state index in [9.17, 15) is 23.1 Å². The molecule has 5 nitrogen and oxygen atoms in total. The third kappa shape index (κ3) is 5.22. The minimum atomic E-state index is -4.63. The Morgan fingerprint density at radius 3 is 2.22 bits per heavy atom. The van der Waals surface area contributed by atoms with Crippen molar-refractivity contribution >= 4 is 11.6 Å². The van der Waals surface area contributed by atoms with E-state index in [1.807, 2.05) is 56.3 Å². The molecule has 0 aliphatic carbocycles. The number of ether oxygens (including phenoxy) is 1. The number of nitrogens with zero attached hydrogens (tertiary/aromatic N) is 2. The monoisotopic (exact) mass is 512 g/mol. The summed E-state index contributed by atoms with van der Waals surface area (Å²) in [7, 11) is 5.22. The van der Waals surface area contributed by atoms with E-state index in [4.69, 9.17) is 4.74 Å². The Morgan fingerprint density at radius 1 is 1.00 bits per heavy atom. The Morgan fingerprint density at radius 2 is 1.65 bits per heavy atom. The number of carbonyl (C=O) groups is 1. The van der Waals surface area contributed by atoms with Gasteiger partial charge in [-0.3, -0.25) is 4.79 Å². The van der Waals surface area contributed by atoms with Crippen molar-refractivity contribution in [2.45, 2.75) is 43.6 Å². The second kappa shape index (κ2) is 10.6. The fraction of sp³-hybridized carbons (Fsp3) is 0.345. The number of hydrogen-bond acceptors (Lipinski definition) is 4. The number of halogens is 3. The van der Waals surface area contributed by atoms with Crippen LogP contribution in [0.4, 0.5) is 18.9 Å². The number of aliphatic hydroxyl groups is 1. The maximum atomic E-state index is 14.3. The van der Waals surface area contributed by atoms with Gasteiger partial charge in [0.2, 0.25) is 0 Å². The minimum absolute atomic E-state index is 0.00685. The third-order valence-corrected chi connectivity index (χ3v) is 7.25. The highest BCUT2D eigenvalue weighted by molar-refractivity contribution is 5.99. The molecule has 0 fully saturated rings. The van der Waals surface area contributed by atoms with Crippen LogP contribution in [0, 0.1) is 0 Å². The zero-order valence-electron chi connectivity index (χ0n) is 21.2. The zero-order valence-corrected chi connectivity index (χ0v) is 21.2. The van der Waals surface area contributed by atoms with Gasteiger partial charge in [0.05, 0.1) is 18.7 Å². The average Bonchev–Trinajstić information content (AvgIpc) is 2.99. The van der Waals surface area contributed by atoms with Crippen molar-refractivity contribution in [3.05, 3.63) is 95.1 Å². The van der Waals surface area contributed by atoms with Crippen molar-refractivity contribution in [2.24, 2.45) is 0 Å².